The SMILES string of the molecule is CCCCCCCCCCCOCCOP(O)O[C@H](CC(=O)O)C[N+](C)(C)C.[OH-]. The van der Waals surface area contributed by atoms with Crippen molar-refractivity contribution in [1.82, 2.24) is 0 Å². The Morgan fingerprint density at radius 1 is 0.931 bits per heavy atom. The summed E-state index contributed by atoms with van der Waals surface area (Å²) in [6, 6.07) is 0. The van der Waals surface area contributed by atoms with Crippen molar-refractivity contribution in [2.45, 2.75) is 77.2 Å². The zero-order valence-electron chi connectivity index (χ0n) is 18.8. The smallest absolute Gasteiger partial charge is 0.330 e. The lowest BCUT2D eigenvalue weighted by atomic mass is 10.1. The third-order valence-corrected chi connectivity index (χ3v) is 5.10. The molecule has 2 atom stereocenters. The predicted molar refractivity (Wildman–Crippen MR) is 115 cm³/mol. The second-order valence-corrected chi connectivity index (χ2v) is 9.25. The third-order valence-electron chi connectivity index (χ3n) is 4.21. The Morgan fingerprint density at radius 3 is 2.00 bits per heavy atom. The first-order valence-electron chi connectivity index (χ1n) is 10.6. The van der Waals surface area contributed by atoms with Crippen molar-refractivity contribution in [3.05, 3.63) is 0 Å². The average molecular weight is 442 g/mol. The highest BCUT2D eigenvalue weighted by Gasteiger charge is 2.25. The molecule has 0 amide bonds. The van der Waals surface area contributed by atoms with Crippen molar-refractivity contribution in [1.29, 1.82) is 0 Å². The number of carboxylic acids is 1. The van der Waals surface area contributed by atoms with Crippen LogP contribution in [0.3, 0.4) is 0 Å². The van der Waals surface area contributed by atoms with Gasteiger partial charge in [0.05, 0.1) is 40.8 Å². The summed E-state index contributed by atoms with van der Waals surface area (Å²) in [6.07, 6.45) is 10.8. The van der Waals surface area contributed by atoms with E-state index in [1.54, 1.807) is 0 Å². The van der Waals surface area contributed by atoms with Crippen LogP contribution in [0.4, 0.5) is 0 Å². The summed E-state index contributed by atoms with van der Waals surface area (Å²) in [4.78, 5) is 20.8. The van der Waals surface area contributed by atoms with E-state index in [0.29, 0.717) is 24.2 Å². The zero-order chi connectivity index (χ0) is 21.3. The van der Waals surface area contributed by atoms with E-state index in [9.17, 15) is 9.69 Å². The van der Waals surface area contributed by atoms with E-state index in [1.807, 2.05) is 21.1 Å². The maximum Gasteiger partial charge on any atom is 0.330 e. The Bertz CT molecular complexity index is 380. The molecule has 0 aliphatic rings. The lowest BCUT2D eigenvalue weighted by Gasteiger charge is -2.29. The van der Waals surface area contributed by atoms with E-state index < -0.39 is 20.7 Å². The summed E-state index contributed by atoms with van der Waals surface area (Å²) in [7, 11) is 3.73. The Morgan fingerprint density at radius 2 is 1.48 bits per heavy atom. The van der Waals surface area contributed by atoms with Crippen molar-refractivity contribution < 1.29 is 38.5 Å². The van der Waals surface area contributed by atoms with Gasteiger partial charge in [0.25, 0.3) is 0 Å². The molecule has 29 heavy (non-hydrogen) atoms. The first kappa shape index (κ1) is 30.9. The zero-order valence-corrected chi connectivity index (χ0v) is 19.7. The molecule has 0 aromatic carbocycles. The standard InChI is InChI=1S/C20H42NO6P.H2O/c1-5-6-7-8-9-10-11-12-13-14-25-15-16-26-28(24)27-19(17-20(22)23)18-21(2,3)4;/h19,24H,5-18H2,1-4H3;1H2/t19-,28?;/m1./s1. The molecule has 0 spiro atoms. The molecule has 0 rings (SSSR count). The van der Waals surface area contributed by atoms with Gasteiger partial charge in [0.2, 0.25) is 0 Å². The fourth-order valence-corrected chi connectivity index (χ4v) is 3.58. The number of carbonyl (C=O) groups is 1. The molecule has 0 saturated heterocycles. The van der Waals surface area contributed by atoms with E-state index in [2.05, 4.69) is 6.92 Å². The maximum atomic E-state index is 10.9. The van der Waals surface area contributed by atoms with Crippen LogP contribution in [0.25, 0.3) is 0 Å². The van der Waals surface area contributed by atoms with E-state index in [1.165, 1.54) is 51.4 Å². The number of nitrogens with zero attached hydrogens (tertiary/aromatic N) is 1. The molecule has 0 heterocycles. The monoisotopic (exact) mass is 441 g/mol. The van der Waals surface area contributed by atoms with Gasteiger partial charge in [0.15, 0.2) is 0 Å². The second kappa shape index (κ2) is 19.6. The number of quaternary nitrogens is 1. The highest BCUT2D eigenvalue weighted by atomic mass is 31.2. The highest BCUT2D eigenvalue weighted by Crippen LogP contribution is 2.35. The average Bonchev–Trinajstić information content (AvgIpc) is 2.56. The molecule has 0 saturated carbocycles. The molecular formula is C20H44NO7P. The van der Waals surface area contributed by atoms with Crippen LogP contribution in [0.5, 0.6) is 0 Å². The lowest BCUT2D eigenvalue weighted by Crippen LogP contribution is -2.42. The van der Waals surface area contributed by atoms with E-state index in [-0.39, 0.29) is 18.5 Å². The van der Waals surface area contributed by atoms with Gasteiger partial charge in [0.1, 0.15) is 12.6 Å². The topological polar surface area (TPSA) is 115 Å². The third kappa shape index (κ3) is 23.8. The van der Waals surface area contributed by atoms with Crippen molar-refractivity contribution in [2.75, 3.05) is 47.5 Å². The van der Waals surface area contributed by atoms with Gasteiger partial charge in [-0.25, -0.2) is 0 Å². The summed E-state index contributed by atoms with van der Waals surface area (Å²) in [5, 5.41) is 8.97. The minimum atomic E-state index is -2.10. The molecule has 0 bridgehead atoms. The van der Waals surface area contributed by atoms with Crippen LogP contribution in [0, 0.1) is 0 Å². The van der Waals surface area contributed by atoms with Gasteiger partial charge in [0, 0.05) is 6.61 Å². The normalized spacial score (nSPS) is 13.7. The van der Waals surface area contributed by atoms with E-state index >= 15 is 0 Å². The highest BCUT2D eigenvalue weighted by molar-refractivity contribution is 7.40. The van der Waals surface area contributed by atoms with Crippen molar-refractivity contribution >= 4 is 14.6 Å². The summed E-state index contributed by atoms with van der Waals surface area (Å²) in [5.41, 5.74) is 0. The second-order valence-electron chi connectivity index (χ2n) is 8.31. The maximum absolute atomic E-state index is 10.9. The first-order chi connectivity index (χ1) is 13.2. The molecule has 0 aliphatic heterocycles. The summed E-state index contributed by atoms with van der Waals surface area (Å²) in [6.45, 7) is 4.06. The van der Waals surface area contributed by atoms with Crippen LogP contribution in [-0.2, 0) is 18.6 Å². The summed E-state index contributed by atoms with van der Waals surface area (Å²) >= 11 is 0. The van der Waals surface area contributed by atoms with Gasteiger partial charge in [-0.2, -0.15) is 0 Å². The Hall–Kier alpha value is -0.340. The molecule has 1 unspecified atom stereocenters. The summed E-state index contributed by atoms with van der Waals surface area (Å²) < 4.78 is 16.7. The number of aliphatic carboxylic acids is 1. The number of carboxylic acid groups (broad SMARTS) is 1. The van der Waals surface area contributed by atoms with Gasteiger partial charge in [-0.3, -0.25) is 4.79 Å². The molecule has 0 radical (unpaired) electrons. The Kier molecular flexibility index (Phi) is 20.9. The van der Waals surface area contributed by atoms with Crippen LogP contribution in [0.2, 0.25) is 0 Å². The Labute approximate surface area is 178 Å². The fourth-order valence-electron chi connectivity index (χ4n) is 2.89. The molecule has 9 heteroatoms. The predicted octanol–water partition coefficient (Wildman–Crippen LogP) is 4.16. The van der Waals surface area contributed by atoms with Crippen LogP contribution < -0.4 is 0 Å². The first-order valence-corrected chi connectivity index (χ1v) is 11.8. The fraction of sp³-hybridized carbons (Fsp3) is 0.950. The number of rotatable bonds is 20. The molecule has 8 nitrogen and oxygen atoms in total. The van der Waals surface area contributed by atoms with Gasteiger partial charge in [-0.15, -0.1) is 0 Å². The largest absolute Gasteiger partial charge is 0.870 e. The van der Waals surface area contributed by atoms with Crippen LogP contribution in [-0.4, -0.2) is 79.5 Å². The number of unbranched alkanes of at least 4 members (excludes halogenated alkanes) is 8. The minimum Gasteiger partial charge on any atom is -0.870 e. The molecule has 0 aliphatic carbocycles. The van der Waals surface area contributed by atoms with Crippen LogP contribution in [0.1, 0.15) is 71.1 Å². The van der Waals surface area contributed by atoms with E-state index in [0.717, 1.165) is 6.42 Å². The van der Waals surface area contributed by atoms with Gasteiger partial charge < -0.3 is 33.7 Å². The number of hydrogen-bond donors (Lipinski definition) is 2. The molecule has 0 fully saturated rings. The number of likely N-dealkylation sites (N-methyl/N-ethyl adjacent to an activating group) is 1. The molecular weight excluding hydrogens is 397 g/mol. The van der Waals surface area contributed by atoms with E-state index in [4.69, 9.17) is 18.9 Å². The van der Waals surface area contributed by atoms with Crippen LogP contribution >= 0.6 is 8.60 Å². The van der Waals surface area contributed by atoms with Crippen molar-refractivity contribution in [3.8, 4) is 0 Å². The molecule has 0 aromatic rings. The van der Waals surface area contributed by atoms with Crippen LogP contribution in [0.15, 0.2) is 0 Å². The quantitative estimate of drug-likeness (QED) is 0.166. The molecule has 3 N–H and O–H groups in total. The van der Waals surface area contributed by atoms with Gasteiger partial charge in [-0.1, -0.05) is 58.3 Å². The van der Waals surface area contributed by atoms with Crippen molar-refractivity contribution in [3.63, 3.8) is 0 Å². The van der Waals surface area contributed by atoms with Crippen molar-refractivity contribution in [2.24, 2.45) is 0 Å². The Balaban J connectivity index is 0. The molecule has 0 aromatic heterocycles. The summed E-state index contributed by atoms with van der Waals surface area (Å²) in [5.74, 6) is -0.953. The number of ether oxygens (including phenoxy) is 1. The van der Waals surface area contributed by atoms with Gasteiger partial charge in [-0.05, 0) is 6.42 Å². The molecule has 176 valence electrons. The van der Waals surface area contributed by atoms with Gasteiger partial charge >= 0.3 is 14.6 Å². The minimum absolute atomic E-state index is 0. The number of hydrogen-bond acceptors (Lipinski definition) is 6. The lowest BCUT2D eigenvalue weighted by molar-refractivity contribution is -0.873.